The van der Waals surface area contributed by atoms with E-state index >= 15 is 0 Å². The molecular weight excluding hydrogens is 304 g/mol. The summed E-state index contributed by atoms with van der Waals surface area (Å²) in [5.74, 6) is 1.62. The molecule has 5 heteroatoms. The third-order valence-electron chi connectivity index (χ3n) is 5.03. The average Bonchev–Trinajstić information content (AvgIpc) is 3.10. The normalized spacial score (nSPS) is 24.0. The van der Waals surface area contributed by atoms with E-state index in [9.17, 15) is 10.1 Å². The van der Waals surface area contributed by atoms with Gasteiger partial charge in [0.2, 0.25) is 0 Å². The van der Waals surface area contributed by atoms with Crippen LogP contribution in [0.1, 0.15) is 29.5 Å². The maximum absolute atomic E-state index is 10.9. The Bertz CT molecular complexity index is 814. The predicted octanol–water partition coefficient (Wildman–Crippen LogP) is 4.43. The molecule has 0 spiro atoms. The standard InChI is InChI=1S/C19H18N2O3/c1-24-14-9-10-18-17(11-14)15-3-2-4-16(15)19(20-18)12-5-7-13(8-6-12)21(22)23/h2-3,5-11,15-16,19-20H,4H2,1H3. The highest BCUT2D eigenvalue weighted by molar-refractivity contribution is 5.61. The lowest BCUT2D eigenvalue weighted by atomic mass is 9.77. The Kier molecular flexibility index (Phi) is 3.49. The van der Waals surface area contributed by atoms with Crippen LogP contribution in [-0.4, -0.2) is 12.0 Å². The van der Waals surface area contributed by atoms with Gasteiger partial charge in [0.05, 0.1) is 18.1 Å². The Hall–Kier alpha value is -2.82. The number of ether oxygens (including phenoxy) is 1. The molecule has 0 saturated carbocycles. The first-order valence-corrected chi connectivity index (χ1v) is 8.03. The second kappa shape index (κ2) is 5.67. The van der Waals surface area contributed by atoms with Crippen molar-refractivity contribution in [2.75, 3.05) is 12.4 Å². The van der Waals surface area contributed by atoms with Crippen molar-refractivity contribution in [2.24, 2.45) is 5.92 Å². The van der Waals surface area contributed by atoms with E-state index in [-0.39, 0.29) is 16.7 Å². The molecular formula is C19H18N2O3. The van der Waals surface area contributed by atoms with Crippen LogP contribution in [0.5, 0.6) is 5.75 Å². The van der Waals surface area contributed by atoms with E-state index in [0.29, 0.717) is 11.8 Å². The molecule has 0 aromatic heterocycles. The first-order valence-electron chi connectivity index (χ1n) is 8.03. The Labute approximate surface area is 140 Å². The topological polar surface area (TPSA) is 64.4 Å². The van der Waals surface area contributed by atoms with Gasteiger partial charge in [-0.05, 0) is 41.7 Å². The summed E-state index contributed by atoms with van der Waals surface area (Å²) < 4.78 is 5.36. The molecule has 24 heavy (non-hydrogen) atoms. The first kappa shape index (κ1) is 14.8. The quantitative estimate of drug-likeness (QED) is 0.516. The fourth-order valence-electron chi connectivity index (χ4n) is 3.83. The summed E-state index contributed by atoms with van der Waals surface area (Å²) >= 11 is 0. The van der Waals surface area contributed by atoms with Gasteiger partial charge >= 0.3 is 0 Å². The molecule has 5 nitrogen and oxygen atoms in total. The van der Waals surface area contributed by atoms with Crippen molar-refractivity contribution in [3.63, 3.8) is 0 Å². The summed E-state index contributed by atoms with van der Waals surface area (Å²) in [6.07, 6.45) is 5.49. The van der Waals surface area contributed by atoms with Crippen molar-refractivity contribution < 1.29 is 9.66 Å². The molecule has 2 aromatic rings. The maximum Gasteiger partial charge on any atom is 0.269 e. The van der Waals surface area contributed by atoms with Gasteiger partial charge in [-0.1, -0.05) is 24.3 Å². The average molecular weight is 322 g/mol. The van der Waals surface area contributed by atoms with Crippen molar-refractivity contribution in [3.05, 3.63) is 75.9 Å². The van der Waals surface area contributed by atoms with Crippen LogP contribution in [0.2, 0.25) is 0 Å². The summed E-state index contributed by atoms with van der Waals surface area (Å²) in [6.45, 7) is 0. The minimum Gasteiger partial charge on any atom is -0.497 e. The van der Waals surface area contributed by atoms with Crippen molar-refractivity contribution in [2.45, 2.75) is 18.4 Å². The first-order chi connectivity index (χ1) is 11.7. The van der Waals surface area contributed by atoms with Gasteiger partial charge in [-0.15, -0.1) is 0 Å². The Morgan fingerprint density at radius 2 is 2.00 bits per heavy atom. The van der Waals surface area contributed by atoms with E-state index in [1.165, 1.54) is 5.56 Å². The van der Waals surface area contributed by atoms with E-state index in [1.807, 2.05) is 18.2 Å². The van der Waals surface area contributed by atoms with Gasteiger partial charge in [0.15, 0.2) is 0 Å². The molecule has 1 aliphatic carbocycles. The molecule has 0 saturated heterocycles. The molecule has 0 radical (unpaired) electrons. The summed E-state index contributed by atoms with van der Waals surface area (Å²) in [4.78, 5) is 10.5. The molecule has 2 aromatic carbocycles. The molecule has 2 aliphatic rings. The summed E-state index contributed by atoms with van der Waals surface area (Å²) in [6, 6.07) is 13.1. The van der Waals surface area contributed by atoms with Crippen LogP contribution in [0.4, 0.5) is 11.4 Å². The number of nitrogens with one attached hydrogen (secondary N) is 1. The number of nitrogens with zero attached hydrogens (tertiary/aromatic N) is 1. The number of nitro benzene ring substituents is 1. The van der Waals surface area contributed by atoms with Gasteiger partial charge in [-0.25, -0.2) is 0 Å². The zero-order chi connectivity index (χ0) is 16.7. The Balaban J connectivity index is 1.71. The summed E-state index contributed by atoms with van der Waals surface area (Å²) in [5.41, 5.74) is 3.57. The zero-order valence-corrected chi connectivity index (χ0v) is 13.3. The zero-order valence-electron chi connectivity index (χ0n) is 13.3. The lowest BCUT2D eigenvalue weighted by molar-refractivity contribution is -0.384. The SMILES string of the molecule is COc1ccc2c(c1)C1C=CCC1C(c1ccc([N+](=O)[O-])cc1)N2. The number of hydrogen-bond acceptors (Lipinski definition) is 4. The number of methoxy groups -OCH3 is 1. The van der Waals surface area contributed by atoms with Crippen LogP contribution < -0.4 is 10.1 Å². The fraction of sp³-hybridized carbons (Fsp3) is 0.263. The van der Waals surface area contributed by atoms with E-state index in [4.69, 9.17) is 4.74 Å². The Morgan fingerprint density at radius 3 is 2.71 bits per heavy atom. The molecule has 1 N–H and O–H groups in total. The molecule has 4 rings (SSSR count). The van der Waals surface area contributed by atoms with Gasteiger partial charge in [-0.3, -0.25) is 10.1 Å². The van der Waals surface area contributed by atoms with Crippen molar-refractivity contribution >= 4 is 11.4 Å². The van der Waals surface area contributed by atoms with Crippen LogP contribution in [0.3, 0.4) is 0 Å². The Morgan fingerprint density at radius 1 is 1.21 bits per heavy atom. The second-order valence-corrected chi connectivity index (χ2v) is 6.28. The molecule has 0 bridgehead atoms. The molecule has 0 amide bonds. The fourth-order valence-corrected chi connectivity index (χ4v) is 3.83. The number of anilines is 1. The minimum atomic E-state index is -0.362. The molecule has 122 valence electrons. The van der Waals surface area contributed by atoms with E-state index < -0.39 is 0 Å². The van der Waals surface area contributed by atoms with E-state index in [1.54, 1.807) is 19.2 Å². The van der Waals surface area contributed by atoms with Crippen LogP contribution >= 0.6 is 0 Å². The largest absolute Gasteiger partial charge is 0.497 e. The molecule has 3 unspecified atom stereocenters. The van der Waals surface area contributed by atoms with Crippen molar-refractivity contribution in [3.8, 4) is 5.75 Å². The number of non-ortho nitro benzene ring substituents is 1. The second-order valence-electron chi connectivity index (χ2n) is 6.28. The van der Waals surface area contributed by atoms with Gasteiger partial charge in [0.25, 0.3) is 5.69 Å². The summed E-state index contributed by atoms with van der Waals surface area (Å²) in [7, 11) is 1.68. The number of allylic oxidation sites excluding steroid dienone is 2. The number of nitro groups is 1. The highest BCUT2D eigenvalue weighted by atomic mass is 16.6. The third kappa shape index (κ3) is 2.33. The van der Waals surface area contributed by atoms with Crippen LogP contribution in [0.25, 0.3) is 0 Å². The van der Waals surface area contributed by atoms with Crippen molar-refractivity contribution in [1.82, 2.24) is 0 Å². The number of rotatable bonds is 3. The van der Waals surface area contributed by atoms with Gasteiger partial charge < -0.3 is 10.1 Å². The van der Waals surface area contributed by atoms with Gasteiger partial charge in [0.1, 0.15) is 5.75 Å². The monoisotopic (exact) mass is 322 g/mol. The summed E-state index contributed by atoms with van der Waals surface area (Å²) in [5, 5.41) is 14.5. The molecule has 1 heterocycles. The number of hydrogen-bond donors (Lipinski definition) is 1. The number of fused-ring (bicyclic) bond motifs is 3. The maximum atomic E-state index is 10.9. The van der Waals surface area contributed by atoms with E-state index in [0.717, 1.165) is 23.4 Å². The van der Waals surface area contributed by atoms with Crippen molar-refractivity contribution in [1.29, 1.82) is 0 Å². The van der Waals surface area contributed by atoms with Crippen LogP contribution in [0, 0.1) is 16.0 Å². The van der Waals surface area contributed by atoms with Crippen LogP contribution in [0.15, 0.2) is 54.6 Å². The van der Waals surface area contributed by atoms with E-state index in [2.05, 4.69) is 29.6 Å². The number of benzene rings is 2. The third-order valence-corrected chi connectivity index (χ3v) is 5.03. The lowest BCUT2D eigenvalue weighted by Crippen LogP contribution is -2.29. The van der Waals surface area contributed by atoms with Crippen LogP contribution in [-0.2, 0) is 0 Å². The highest BCUT2D eigenvalue weighted by Gasteiger charge is 2.38. The lowest BCUT2D eigenvalue weighted by Gasteiger charge is -2.37. The smallest absolute Gasteiger partial charge is 0.269 e. The van der Waals surface area contributed by atoms with Gasteiger partial charge in [0, 0.05) is 23.7 Å². The molecule has 1 aliphatic heterocycles. The highest BCUT2D eigenvalue weighted by Crippen LogP contribution is 2.50. The van der Waals surface area contributed by atoms with Gasteiger partial charge in [-0.2, -0.15) is 0 Å². The molecule has 3 atom stereocenters. The minimum absolute atomic E-state index is 0.126. The predicted molar refractivity (Wildman–Crippen MR) is 92.4 cm³/mol. The molecule has 0 fully saturated rings.